The summed E-state index contributed by atoms with van der Waals surface area (Å²) >= 11 is 0. The fourth-order valence-electron chi connectivity index (χ4n) is 3.53. The minimum atomic E-state index is -1.31. The van der Waals surface area contributed by atoms with Crippen LogP contribution >= 0.6 is 10.5 Å². The van der Waals surface area contributed by atoms with Crippen molar-refractivity contribution in [1.29, 1.82) is 0 Å². The molecule has 4 aromatic rings. The van der Waals surface area contributed by atoms with Crippen molar-refractivity contribution in [2.75, 3.05) is 0 Å². The zero-order valence-electron chi connectivity index (χ0n) is 16.9. The molecule has 1 unspecified atom stereocenters. The van der Waals surface area contributed by atoms with Gasteiger partial charge in [0.25, 0.3) is 0 Å². The summed E-state index contributed by atoms with van der Waals surface area (Å²) in [5.74, 6) is -1.79. The number of hydrogen-bond donors (Lipinski definition) is 0. The predicted molar refractivity (Wildman–Crippen MR) is 117 cm³/mol. The van der Waals surface area contributed by atoms with Gasteiger partial charge in [-0.05, 0) is 75.4 Å². The molecule has 1 heterocycles. The lowest BCUT2D eigenvalue weighted by Crippen LogP contribution is -2.27. The van der Waals surface area contributed by atoms with Gasteiger partial charge in [-0.25, -0.2) is 13.6 Å². The maximum absolute atomic E-state index is 14.1. The van der Waals surface area contributed by atoms with Crippen LogP contribution in [-0.4, -0.2) is 5.97 Å². The Morgan fingerprint density at radius 3 is 2.40 bits per heavy atom. The Bertz CT molecular complexity index is 1240. The van der Waals surface area contributed by atoms with Crippen LogP contribution in [0.15, 0.2) is 72.1 Å². The van der Waals surface area contributed by atoms with E-state index in [2.05, 4.69) is 24.4 Å². The quantitative estimate of drug-likeness (QED) is 0.255. The van der Waals surface area contributed by atoms with Gasteiger partial charge in [0.1, 0.15) is 22.6 Å². The molecule has 4 rings (SSSR count). The number of carbonyl (C=O) groups is 1. The van der Waals surface area contributed by atoms with Crippen molar-refractivity contribution in [2.45, 2.75) is 26.4 Å². The van der Waals surface area contributed by atoms with Crippen molar-refractivity contribution in [1.82, 2.24) is 0 Å². The molecule has 3 aromatic carbocycles. The van der Waals surface area contributed by atoms with Crippen LogP contribution < -0.4 is 0 Å². The van der Waals surface area contributed by atoms with Crippen molar-refractivity contribution in [2.24, 2.45) is 0 Å². The first kappa shape index (κ1) is 20.2. The Morgan fingerprint density at radius 2 is 1.67 bits per heavy atom. The van der Waals surface area contributed by atoms with E-state index in [1.54, 1.807) is 26.0 Å². The highest BCUT2D eigenvalue weighted by Crippen LogP contribution is 2.41. The first-order chi connectivity index (χ1) is 14.3. The summed E-state index contributed by atoms with van der Waals surface area (Å²) in [6.07, 6.45) is 0. The number of rotatable bonds is 4. The molecule has 0 N–H and O–H groups in total. The van der Waals surface area contributed by atoms with Crippen LogP contribution in [0.3, 0.4) is 0 Å². The van der Waals surface area contributed by atoms with Crippen LogP contribution in [0, 0.1) is 18.6 Å². The first-order valence-electron chi connectivity index (χ1n) is 9.56. The van der Waals surface area contributed by atoms with Crippen LogP contribution in [0.25, 0.3) is 15.0 Å². The fourth-order valence-corrected chi connectivity index (χ4v) is 5.64. The van der Waals surface area contributed by atoms with Crippen molar-refractivity contribution < 1.29 is 18.3 Å². The van der Waals surface area contributed by atoms with Gasteiger partial charge < -0.3 is 4.74 Å². The van der Waals surface area contributed by atoms with Gasteiger partial charge in [0.2, 0.25) is 0 Å². The summed E-state index contributed by atoms with van der Waals surface area (Å²) in [4.78, 5) is 13.8. The molecule has 2 nitrogen and oxygen atoms in total. The molecule has 0 bridgehead atoms. The average Bonchev–Trinajstić information content (AvgIpc) is 3.06. The number of benzene rings is 3. The van der Waals surface area contributed by atoms with Gasteiger partial charge in [0.05, 0.1) is 5.56 Å². The second kappa shape index (κ2) is 7.65. The molecule has 5 heteroatoms. The van der Waals surface area contributed by atoms with E-state index in [1.807, 2.05) is 24.3 Å². The summed E-state index contributed by atoms with van der Waals surface area (Å²) in [5.41, 5.74) is 0.294. The predicted octanol–water partition coefficient (Wildman–Crippen LogP) is 7.26. The number of fused-ring (bicyclic) bond motifs is 1. The van der Waals surface area contributed by atoms with Crippen molar-refractivity contribution in [3.8, 4) is 4.90 Å². The number of ether oxygens (including phenoxy) is 1. The van der Waals surface area contributed by atoms with Crippen LogP contribution in [0.1, 0.15) is 35.3 Å². The molecule has 30 heavy (non-hydrogen) atoms. The molecule has 1 aromatic heterocycles. The lowest BCUT2D eigenvalue weighted by molar-refractivity contribution is -0.00465. The number of aryl methyl sites for hydroxylation is 1. The molecule has 0 aliphatic carbocycles. The molecule has 0 fully saturated rings. The number of hydrogen-bond acceptors (Lipinski definition) is 2. The maximum atomic E-state index is 14.1. The lowest BCUT2D eigenvalue weighted by Gasteiger charge is -2.26. The Balaban J connectivity index is 1.59. The molecule has 0 amide bonds. The topological polar surface area (TPSA) is 26.3 Å². The molecular weight excluding hydrogens is 402 g/mol. The third-order valence-corrected chi connectivity index (χ3v) is 7.31. The van der Waals surface area contributed by atoms with E-state index >= 15 is 0 Å². The van der Waals surface area contributed by atoms with E-state index in [-0.39, 0.29) is 16.0 Å². The van der Waals surface area contributed by atoms with E-state index in [9.17, 15) is 13.6 Å². The monoisotopic (exact) mass is 423 g/mol. The van der Waals surface area contributed by atoms with Gasteiger partial charge >= 0.3 is 5.97 Å². The number of thiophene rings is 1. The second-order valence-electron chi connectivity index (χ2n) is 7.68. The summed E-state index contributed by atoms with van der Waals surface area (Å²) < 4.78 is 34.5. The SMILES string of the molecule is Cc1c[s+](-c2ccc(C(=O)OC(C)(C)c3cc(F)ccc3F)cc2)c2ccccc12. The Morgan fingerprint density at radius 1 is 0.967 bits per heavy atom. The van der Waals surface area contributed by atoms with Gasteiger partial charge in [0, 0.05) is 27.0 Å². The van der Waals surface area contributed by atoms with Crippen LogP contribution in [0.5, 0.6) is 0 Å². The molecule has 0 aliphatic rings. The normalized spacial score (nSPS) is 12.2. The Hall–Kier alpha value is -3.05. The molecule has 0 saturated heterocycles. The standard InChI is InChI=1S/C25H21F2O2S/c1-16-15-30(23-7-5-4-6-20(16)23)19-11-8-17(9-12-19)24(28)29-25(2,3)21-14-18(26)10-13-22(21)27/h4-15H,1-3H3/q+1. The third-order valence-electron chi connectivity index (χ3n) is 5.11. The van der Waals surface area contributed by atoms with E-state index in [0.29, 0.717) is 5.56 Å². The minimum absolute atomic E-state index is 0.00266. The molecule has 152 valence electrons. The third kappa shape index (κ3) is 3.73. The number of halogens is 2. The largest absolute Gasteiger partial charge is 0.451 e. The Kier molecular flexibility index (Phi) is 5.16. The molecule has 0 radical (unpaired) electrons. The summed E-state index contributed by atoms with van der Waals surface area (Å²) in [6, 6.07) is 18.7. The molecule has 1 atom stereocenters. The lowest BCUT2D eigenvalue weighted by atomic mass is 9.97. The molecule has 0 spiro atoms. The van der Waals surface area contributed by atoms with E-state index < -0.39 is 23.2 Å². The highest BCUT2D eigenvalue weighted by Gasteiger charge is 2.30. The summed E-state index contributed by atoms with van der Waals surface area (Å²) in [6.45, 7) is 5.19. The van der Waals surface area contributed by atoms with Crippen molar-refractivity contribution in [3.05, 3.63) is 100 Å². The van der Waals surface area contributed by atoms with Crippen LogP contribution in [0.2, 0.25) is 0 Å². The van der Waals surface area contributed by atoms with Gasteiger partial charge in [-0.1, -0.05) is 12.1 Å². The summed E-state index contributed by atoms with van der Waals surface area (Å²) in [7, 11) is -0.177. The fraction of sp³-hybridized carbons (Fsp3) is 0.160. The smallest absolute Gasteiger partial charge is 0.339 e. The van der Waals surface area contributed by atoms with E-state index in [0.717, 1.165) is 23.1 Å². The molecular formula is C25H21F2O2S+. The maximum Gasteiger partial charge on any atom is 0.339 e. The minimum Gasteiger partial charge on any atom is -0.451 e. The molecule has 0 aliphatic heterocycles. The van der Waals surface area contributed by atoms with E-state index in [1.165, 1.54) is 15.6 Å². The van der Waals surface area contributed by atoms with Crippen molar-refractivity contribution >= 4 is 26.5 Å². The van der Waals surface area contributed by atoms with Gasteiger partial charge in [-0.2, -0.15) is 0 Å². The van der Waals surface area contributed by atoms with Crippen molar-refractivity contribution in [3.63, 3.8) is 0 Å². The number of esters is 1. The van der Waals surface area contributed by atoms with Crippen LogP contribution in [0.4, 0.5) is 8.78 Å². The zero-order valence-corrected chi connectivity index (χ0v) is 17.7. The highest BCUT2D eigenvalue weighted by molar-refractivity contribution is 7.43. The van der Waals surface area contributed by atoms with Gasteiger partial charge in [-0.15, -0.1) is 0 Å². The second-order valence-corrected chi connectivity index (χ2v) is 9.51. The number of carbonyl (C=O) groups excluding carboxylic acids is 1. The van der Waals surface area contributed by atoms with Gasteiger partial charge in [-0.3, -0.25) is 0 Å². The van der Waals surface area contributed by atoms with Crippen LogP contribution in [-0.2, 0) is 10.3 Å². The van der Waals surface area contributed by atoms with Gasteiger partial charge in [0.15, 0.2) is 9.60 Å². The van der Waals surface area contributed by atoms with E-state index in [4.69, 9.17) is 4.74 Å². The first-order valence-corrected chi connectivity index (χ1v) is 10.8. The molecule has 0 saturated carbocycles. The highest BCUT2D eigenvalue weighted by atomic mass is 32.2. The zero-order chi connectivity index (χ0) is 21.5. The Labute approximate surface area is 176 Å². The summed E-state index contributed by atoms with van der Waals surface area (Å²) in [5, 5.41) is 3.50. The average molecular weight is 424 g/mol.